The number of aliphatic carboxylic acids is 1. The van der Waals surface area contributed by atoms with Crippen LogP contribution in [-0.4, -0.2) is 66.4 Å². The zero-order valence-electron chi connectivity index (χ0n) is 26.8. The van der Waals surface area contributed by atoms with Crippen molar-refractivity contribution in [3.05, 3.63) is 131 Å². The minimum Gasteiger partial charge on any atom is -0.481 e. The number of ether oxygens (including phenoxy) is 1. The maximum Gasteiger partial charge on any atom is 0.435 e. The number of nitrogens with two attached hydrogens (primary N) is 1. The molecule has 1 heterocycles. The summed E-state index contributed by atoms with van der Waals surface area (Å²) in [5, 5.41) is 9.59. The molecule has 0 bridgehead atoms. The lowest BCUT2D eigenvalue weighted by Crippen LogP contribution is -2.46. The molecule has 0 spiro atoms. The van der Waals surface area contributed by atoms with Crippen molar-refractivity contribution in [3.63, 3.8) is 0 Å². The first-order valence-corrected chi connectivity index (χ1v) is 15.4. The number of hydrogen-bond acceptors (Lipinski definition) is 6. The highest BCUT2D eigenvalue weighted by molar-refractivity contribution is 6.07. The predicted octanol–water partition coefficient (Wildman–Crippen LogP) is 4.87. The first kappa shape index (κ1) is 33.4. The van der Waals surface area contributed by atoms with Gasteiger partial charge in [0, 0.05) is 49.7 Å². The van der Waals surface area contributed by atoms with Gasteiger partial charge in [-0.1, -0.05) is 72.8 Å². The van der Waals surface area contributed by atoms with Crippen molar-refractivity contribution in [1.82, 2.24) is 4.90 Å². The summed E-state index contributed by atoms with van der Waals surface area (Å²) >= 11 is 0. The lowest BCUT2D eigenvalue weighted by molar-refractivity contribution is -0.142. The number of likely N-dealkylation sites (N-methyl/N-ethyl adjacent to an activating group) is 1. The van der Waals surface area contributed by atoms with Crippen molar-refractivity contribution in [1.29, 1.82) is 0 Å². The Balaban J connectivity index is 1.31. The Morgan fingerprint density at radius 1 is 0.917 bits per heavy atom. The molecule has 11 heteroatoms. The number of nitrogens with zero attached hydrogens (tertiary/aromatic N) is 4. The molecule has 4 aromatic carbocycles. The second-order valence-corrected chi connectivity index (χ2v) is 11.5. The second-order valence-electron chi connectivity index (χ2n) is 11.5. The van der Waals surface area contributed by atoms with E-state index < -0.39 is 18.1 Å². The number of carboxylic acid groups (broad SMARTS) is 1. The van der Waals surface area contributed by atoms with Crippen LogP contribution in [0.4, 0.5) is 16.2 Å². The third-order valence-corrected chi connectivity index (χ3v) is 8.29. The van der Waals surface area contributed by atoms with E-state index in [4.69, 9.17) is 10.5 Å². The number of fused-ring (bicyclic) bond motifs is 1. The van der Waals surface area contributed by atoms with Gasteiger partial charge in [-0.15, -0.1) is 0 Å². The van der Waals surface area contributed by atoms with Gasteiger partial charge >= 0.3 is 12.1 Å². The zero-order valence-corrected chi connectivity index (χ0v) is 26.8. The van der Waals surface area contributed by atoms with E-state index in [-0.39, 0.29) is 37.2 Å². The highest BCUT2D eigenvalue weighted by Gasteiger charge is 2.35. The molecule has 3 amide bonds. The van der Waals surface area contributed by atoms with Crippen LogP contribution in [0.3, 0.4) is 0 Å². The van der Waals surface area contributed by atoms with Crippen molar-refractivity contribution >= 4 is 41.1 Å². The molecule has 0 radical (unpaired) electrons. The van der Waals surface area contributed by atoms with Crippen molar-refractivity contribution in [2.75, 3.05) is 30.4 Å². The normalized spacial score (nSPS) is 14.6. The van der Waals surface area contributed by atoms with Gasteiger partial charge in [-0.25, -0.2) is 4.79 Å². The van der Waals surface area contributed by atoms with E-state index in [9.17, 15) is 24.3 Å². The summed E-state index contributed by atoms with van der Waals surface area (Å²) in [5.41, 5.74) is 10.9. The fourth-order valence-electron chi connectivity index (χ4n) is 5.58. The molecule has 1 unspecified atom stereocenters. The van der Waals surface area contributed by atoms with Gasteiger partial charge in [0.05, 0.1) is 6.42 Å². The third kappa shape index (κ3) is 8.05. The van der Waals surface area contributed by atoms with Crippen LogP contribution in [0.15, 0.2) is 108 Å². The molecule has 1 atom stereocenters. The zero-order chi connectivity index (χ0) is 34.2. The van der Waals surface area contributed by atoms with Gasteiger partial charge in [0.15, 0.2) is 0 Å². The second kappa shape index (κ2) is 15.1. The Bertz CT molecular complexity index is 1810. The SMILES string of the molecule is CN(C(=O)c1ccc(C(N)=NC(=O)OCc2ccccc2)cc1)c1ccc2c(c1)CN(CCc1ccccc1)C(=O)C(CC(=O)O)N2C. The average molecular weight is 648 g/mol. The summed E-state index contributed by atoms with van der Waals surface area (Å²) in [4.78, 5) is 59.8. The van der Waals surface area contributed by atoms with Crippen LogP contribution in [0.5, 0.6) is 0 Å². The molecule has 246 valence electrons. The molecule has 1 aliphatic rings. The van der Waals surface area contributed by atoms with Gasteiger partial charge in [-0.3, -0.25) is 14.4 Å². The molecule has 5 rings (SSSR count). The Kier molecular flexibility index (Phi) is 10.5. The number of aliphatic imine (C=N–C) groups is 1. The molecule has 48 heavy (non-hydrogen) atoms. The van der Waals surface area contributed by atoms with Crippen LogP contribution in [0.1, 0.15) is 39.0 Å². The average Bonchev–Trinajstić information content (AvgIpc) is 3.19. The third-order valence-electron chi connectivity index (χ3n) is 8.29. The Morgan fingerprint density at radius 2 is 1.54 bits per heavy atom. The van der Waals surface area contributed by atoms with E-state index in [1.165, 1.54) is 4.90 Å². The van der Waals surface area contributed by atoms with Crippen LogP contribution < -0.4 is 15.5 Å². The molecule has 11 nitrogen and oxygen atoms in total. The lowest BCUT2D eigenvalue weighted by atomic mass is 10.1. The molecule has 4 aromatic rings. The number of amides is 3. The molecular formula is C37H37N5O6. The monoisotopic (exact) mass is 647 g/mol. The van der Waals surface area contributed by atoms with Crippen molar-refractivity contribution in [2.45, 2.75) is 32.0 Å². The van der Waals surface area contributed by atoms with E-state index in [1.54, 1.807) is 54.2 Å². The number of rotatable bonds is 10. The summed E-state index contributed by atoms with van der Waals surface area (Å²) in [7, 11) is 3.38. The Hall–Kier alpha value is -5.97. The molecule has 3 N–H and O–H groups in total. The molecular weight excluding hydrogens is 610 g/mol. The summed E-state index contributed by atoms with van der Waals surface area (Å²) in [6.45, 7) is 0.743. The van der Waals surface area contributed by atoms with Crippen LogP contribution in [0.2, 0.25) is 0 Å². The molecule has 0 aliphatic carbocycles. The summed E-state index contributed by atoms with van der Waals surface area (Å²) in [6, 6.07) is 30.0. The molecule has 0 aromatic heterocycles. The first-order chi connectivity index (χ1) is 23.1. The van der Waals surface area contributed by atoms with Gasteiger partial charge in [0.25, 0.3) is 5.91 Å². The van der Waals surface area contributed by atoms with Gasteiger partial charge in [0.2, 0.25) is 5.91 Å². The highest BCUT2D eigenvalue weighted by Crippen LogP contribution is 2.32. The number of hydrogen-bond donors (Lipinski definition) is 2. The standard InChI is InChI=1S/C37H37N5O6/c1-40(35(45)28-15-13-27(14-16-28)34(38)39-37(47)48-24-26-11-7-4-8-12-26)30-17-18-31-29(21-30)23-42(20-19-25-9-5-3-6-10-25)36(46)32(41(31)2)22-33(43)44/h3-18,21,32H,19-20,22-24H2,1-2H3,(H,43,44)(H2,38,39,47). The van der Waals surface area contributed by atoms with E-state index in [2.05, 4.69) is 4.99 Å². The quantitative estimate of drug-likeness (QED) is 0.183. The number of amidine groups is 1. The summed E-state index contributed by atoms with van der Waals surface area (Å²) in [6.07, 6.45) is -0.542. The van der Waals surface area contributed by atoms with Gasteiger partial charge in [0.1, 0.15) is 18.5 Å². The summed E-state index contributed by atoms with van der Waals surface area (Å²) in [5.74, 6) is -1.65. The largest absolute Gasteiger partial charge is 0.481 e. The highest BCUT2D eigenvalue weighted by atomic mass is 16.5. The Labute approximate surface area is 278 Å². The first-order valence-electron chi connectivity index (χ1n) is 15.4. The van der Waals surface area contributed by atoms with Crippen molar-refractivity contribution in [2.24, 2.45) is 10.7 Å². The fourth-order valence-corrected chi connectivity index (χ4v) is 5.58. The number of carbonyl (C=O) groups excluding carboxylic acids is 3. The molecule has 0 saturated heterocycles. The van der Waals surface area contributed by atoms with E-state index in [1.807, 2.05) is 72.8 Å². The van der Waals surface area contributed by atoms with Gasteiger partial charge < -0.3 is 30.3 Å². The maximum absolute atomic E-state index is 13.6. The molecule has 0 saturated carbocycles. The number of carbonyl (C=O) groups is 4. The van der Waals surface area contributed by atoms with Gasteiger partial charge in [-0.2, -0.15) is 4.99 Å². The van der Waals surface area contributed by atoms with E-state index in [0.717, 1.165) is 22.4 Å². The lowest BCUT2D eigenvalue weighted by Gasteiger charge is -2.29. The fraction of sp³-hybridized carbons (Fsp3) is 0.216. The predicted molar refractivity (Wildman–Crippen MR) is 183 cm³/mol. The van der Waals surface area contributed by atoms with E-state index >= 15 is 0 Å². The van der Waals surface area contributed by atoms with Crippen LogP contribution >= 0.6 is 0 Å². The number of benzene rings is 4. The van der Waals surface area contributed by atoms with Gasteiger partial charge in [-0.05, 0) is 53.4 Å². The molecule has 1 aliphatic heterocycles. The molecule has 0 fully saturated rings. The smallest absolute Gasteiger partial charge is 0.435 e. The van der Waals surface area contributed by atoms with Crippen LogP contribution in [0.25, 0.3) is 0 Å². The van der Waals surface area contributed by atoms with Crippen molar-refractivity contribution in [3.8, 4) is 0 Å². The Morgan fingerprint density at radius 3 is 2.19 bits per heavy atom. The number of carboxylic acids is 1. The number of anilines is 2. The minimum atomic E-state index is -1.06. The van der Waals surface area contributed by atoms with E-state index in [0.29, 0.717) is 29.8 Å². The minimum absolute atomic E-state index is 0.0390. The van der Waals surface area contributed by atoms with Crippen molar-refractivity contribution < 1.29 is 29.0 Å². The maximum atomic E-state index is 13.6. The topological polar surface area (TPSA) is 146 Å². The summed E-state index contributed by atoms with van der Waals surface area (Å²) < 4.78 is 5.17. The van der Waals surface area contributed by atoms with Crippen LogP contribution in [0, 0.1) is 0 Å². The van der Waals surface area contributed by atoms with Crippen LogP contribution in [-0.2, 0) is 33.9 Å².